The number of rotatable bonds is 4. The number of anilines is 1. The van der Waals surface area contributed by atoms with Crippen LogP contribution in [0, 0.1) is 12.8 Å². The van der Waals surface area contributed by atoms with Gasteiger partial charge in [0.15, 0.2) is 6.67 Å². The summed E-state index contributed by atoms with van der Waals surface area (Å²) in [5.74, 6) is 0.616. The lowest BCUT2D eigenvalue weighted by Gasteiger charge is -2.34. The van der Waals surface area contributed by atoms with Crippen molar-refractivity contribution in [3.05, 3.63) is 51.7 Å². The zero-order chi connectivity index (χ0) is 19.4. The van der Waals surface area contributed by atoms with E-state index in [1.54, 1.807) is 4.90 Å². The number of benzene rings is 1. The van der Waals surface area contributed by atoms with Gasteiger partial charge in [0.05, 0.1) is 6.54 Å². The van der Waals surface area contributed by atoms with Crippen molar-refractivity contribution in [2.24, 2.45) is 5.92 Å². The standard InChI is InChI=1S/C22H25N3O2S/c1-14-3-7-17(8-4-14)25-15(2)21(26)24(22(25)27)13-23-11-9-19-18(10-12-28-19)20(23)16-5-6-16/h3-4,7-8,10,12,15-16,20H,5-6,9,11,13H2,1-2H3/p+1/t15-,20+/m1/s1. The van der Waals surface area contributed by atoms with Gasteiger partial charge in [0.1, 0.15) is 12.1 Å². The third kappa shape index (κ3) is 2.86. The second-order valence-electron chi connectivity index (χ2n) is 8.36. The Bertz CT molecular complexity index is 918. The smallest absolute Gasteiger partial charge is 0.311 e. The lowest BCUT2D eigenvalue weighted by Crippen LogP contribution is -3.15. The van der Waals surface area contributed by atoms with Gasteiger partial charge in [-0.25, -0.2) is 9.69 Å². The van der Waals surface area contributed by atoms with Gasteiger partial charge in [0.25, 0.3) is 5.91 Å². The van der Waals surface area contributed by atoms with Gasteiger partial charge in [-0.2, -0.15) is 0 Å². The molecule has 3 amide bonds. The number of urea groups is 1. The molecular formula is C22H26N3O2S+. The Kier molecular flexibility index (Phi) is 4.29. The Hall–Kier alpha value is -2.18. The molecule has 3 aliphatic rings. The first-order valence-electron chi connectivity index (χ1n) is 10.2. The van der Waals surface area contributed by atoms with Crippen LogP contribution in [0.2, 0.25) is 0 Å². The largest absolute Gasteiger partial charge is 0.336 e. The molecule has 1 aromatic heterocycles. The molecule has 28 heavy (non-hydrogen) atoms. The van der Waals surface area contributed by atoms with Crippen LogP contribution in [0.5, 0.6) is 0 Å². The average Bonchev–Trinajstić information content (AvgIpc) is 3.37. The van der Waals surface area contributed by atoms with Gasteiger partial charge in [-0.1, -0.05) is 17.7 Å². The summed E-state index contributed by atoms with van der Waals surface area (Å²) in [4.78, 5) is 32.2. The number of hydrogen-bond donors (Lipinski definition) is 1. The van der Waals surface area contributed by atoms with Crippen LogP contribution in [0.15, 0.2) is 35.7 Å². The number of aryl methyl sites for hydroxylation is 1. The molecule has 1 aromatic carbocycles. The molecule has 0 spiro atoms. The molecule has 2 fully saturated rings. The van der Waals surface area contributed by atoms with Crippen molar-refractivity contribution < 1.29 is 14.5 Å². The monoisotopic (exact) mass is 396 g/mol. The summed E-state index contributed by atoms with van der Waals surface area (Å²) in [6.45, 7) is 5.32. The van der Waals surface area contributed by atoms with Crippen molar-refractivity contribution in [1.82, 2.24) is 4.90 Å². The molecule has 0 bridgehead atoms. The van der Waals surface area contributed by atoms with Crippen LogP contribution in [0.3, 0.4) is 0 Å². The Labute approximate surface area is 169 Å². The zero-order valence-electron chi connectivity index (χ0n) is 16.4. The van der Waals surface area contributed by atoms with Gasteiger partial charge in [0, 0.05) is 28.5 Å². The van der Waals surface area contributed by atoms with Crippen molar-refractivity contribution >= 4 is 29.0 Å². The van der Waals surface area contributed by atoms with Gasteiger partial charge in [-0.15, -0.1) is 11.3 Å². The second-order valence-corrected chi connectivity index (χ2v) is 9.36. The van der Waals surface area contributed by atoms with E-state index in [4.69, 9.17) is 0 Å². The van der Waals surface area contributed by atoms with E-state index in [-0.39, 0.29) is 11.9 Å². The van der Waals surface area contributed by atoms with E-state index in [9.17, 15) is 9.59 Å². The lowest BCUT2D eigenvalue weighted by atomic mass is 9.96. The van der Waals surface area contributed by atoms with Gasteiger partial charge < -0.3 is 4.90 Å². The van der Waals surface area contributed by atoms with Crippen molar-refractivity contribution in [1.29, 1.82) is 0 Å². The van der Waals surface area contributed by atoms with Crippen LogP contribution in [-0.4, -0.2) is 36.1 Å². The summed E-state index contributed by atoms with van der Waals surface area (Å²) in [6.07, 6.45) is 3.56. The number of nitrogens with one attached hydrogen (secondary N) is 1. The first kappa shape index (κ1) is 17.9. The molecular weight excluding hydrogens is 370 g/mol. The zero-order valence-corrected chi connectivity index (χ0v) is 17.2. The molecule has 1 aliphatic carbocycles. The molecule has 2 aliphatic heterocycles. The van der Waals surface area contributed by atoms with E-state index in [1.165, 1.54) is 33.1 Å². The number of hydrogen-bond acceptors (Lipinski definition) is 3. The predicted octanol–water partition coefficient (Wildman–Crippen LogP) is 2.76. The third-order valence-electron chi connectivity index (χ3n) is 6.44. The highest BCUT2D eigenvalue weighted by Crippen LogP contribution is 2.42. The first-order valence-corrected chi connectivity index (χ1v) is 11.0. The van der Waals surface area contributed by atoms with Gasteiger partial charge in [0.2, 0.25) is 0 Å². The maximum Gasteiger partial charge on any atom is 0.336 e. The van der Waals surface area contributed by atoms with Crippen LogP contribution < -0.4 is 9.80 Å². The number of carbonyl (C=O) groups is 2. The number of fused-ring (bicyclic) bond motifs is 1. The number of quaternary nitrogens is 1. The highest BCUT2D eigenvalue weighted by Gasteiger charge is 2.49. The molecule has 1 N–H and O–H groups in total. The Morgan fingerprint density at radius 3 is 2.61 bits per heavy atom. The van der Waals surface area contributed by atoms with Crippen molar-refractivity contribution in [3.8, 4) is 0 Å². The van der Waals surface area contributed by atoms with Crippen molar-refractivity contribution in [2.45, 2.75) is 45.2 Å². The summed E-state index contributed by atoms with van der Waals surface area (Å²) in [5.41, 5.74) is 3.39. The summed E-state index contributed by atoms with van der Waals surface area (Å²) >= 11 is 1.85. The van der Waals surface area contributed by atoms with Gasteiger partial charge in [-0.3, -0.25) is 9.69 Å². The minimum absolute atomic E-state index is 0.0799. The van der Waals surface area contributed by atoms with Crippen LogP contribution in [0.1, 0.15) is 41.8 Å². The van der Waals surface area contributed by atoms with Crippen LogP contribution in [0.4, 0.5) is 10.5 Å². The molecule has 1 unspecified atom stereocenters. The fourth-order valence-electron chi connectivity index (χ4n) is 4.79. The Balaban J connectivity index is 1.40. The average molecular weight is 397 g/mol. The summed E-state index contributed by atoms with van der Waals surface area (Å²) in [5, 5.41) is 2.19. The fraction of sp³-hybridized carbons (Fsp3) is 0.455. The number of nitrogens with zero attached hydrogens (tertiary/aromatic N) is 2. The van der Waals surface area contributed by atoms with Crippen LogP contribution >= 0.6 is 11.3 Å². The van der Waals surface area contributed by atoms with Gasteiger partial charge >= 0.3 is 6.03 Å². The molecule has 5 nitrogen and oxygen atoms in total. The third-order valence-corrected chi connectivity index (χ3v) is 7.44. The van der Waals surface area contributed by atoms with E-state index < -0.39 is 6.04 Å². The lowest BCUT2D eigenvalue weighted by molar-refractivity contribution is -0.943. The Morgan fingerprint density at radius 2 is 1.89 bits per heavy atom. The number of thiophene rings is 1. The summed E-state index contributed by atoms with van der Waals surface area (Å²) in [7, 11) is 0. The molecule has 6 heteroatoms. The maximum absolute atomic E-state index is 13.2. The molecule has 0 radical (unpaired) electrons. The van der Waals surface area contributed by atoms with E-state index in [1.807, 2.05) is 49.4 Å². The molecule has 1 saturated heterocycles. The van der Waals surface area contributed by atoms with Crippen LogP contribution in [0.25, 0.3) is 0 Å². The number of amides is 3. The summed E-state index contributed by atoms with van der Waals surface area (Å²) in [6, 6.07) is 9.89. The summed E-state index contributed by atoms with van der Waals surface area (Å²) < 4.78 is 0. The molecule has 3 heterocycles. The molecule has 146 valence electrons. The molecule has 2 aromatic rings. The SMILES string of the molecule is Cc1ccc(N2C(=O)N(C[NH+]3CCc4sccc4[C@@H]3C3CC3)C(=O)[C@H]2C)cc1. The number of carbonyl (C=O) groups excluding carboxylic acids is 2. The fourth-order valence-corrected chi connectivity index (χ4v) is 5.72. The maximum atomic E-state index is 13.2. The van der Waals surface area contributed by atoms with Crippen molar-refractivity contribution in [3.63, 3.8) is 0 Å². The van der Waals surface area contributed by atoms with E-state index in [2.05, 4.69) is 11.4 Å². The molecule has 1 saturated carbocycles. The van der Waals surface area contributed by atoms with E-state index in [0.717, 1.165) is 24.2 Å². The number of imide groups is 1. The predicted molar refractivity (Wildman–Crippen MR) is 110 cm³/mol. The quantitative estimate of drug-likeness (QED) is 0.808. The highest BCUT2D eigenvalue weighted by atomic mass is 32.1. The van der Waals surface area contributed by atoms with E-state index >= 15 is 0 Å². The van der Waals surface area contributed by atoms with Crippen molar-refractivity contribution in [2.75, 3.05) is 18.1 Å². The second kappa shape index (κ2) is 6.71. The topological polar surface area (TPSA) is 45.1 Å². The minimum Gasteiger partial charge on any atom is -0.311 e. The highest BCUT2D eigenvalue weighted by molar-refractivity contribution is 7.10. The van der Waals surface area contributed by atoms with Gasteiger partial charge in [-0.05, 0) is 50.3 Å². The van der Waals surface area contributed by atoms with E-state index in [0.29, 0.717) is 18.6 Å². The normalized spacial score (nSPS) is 27.4. The van der Waals surface area contributed by atoms with Crippen LogP contribution in [-0.2, 0) is 11.2 Å². The first-order chi connectivity index (χ1) is 13.5. The minimum atomic E-state index is -0.449. The molecule has 3 atom stereocenters. The Morgan fingerprint density at radius 1 is 1.14 bits per heavy atom. The molecule has 5 rings (SSSR count).